The minimum Gasteiger partial charge on any atom is -0.349 e. The first kappa shape index (κ1) is 19.7. The predicted octanol–water partition coefficient (Wildman–Crippen LogP) is 3.96. The number of para-hydroxylation sites is 1. The summed E-state index contributed by atoms with van der Waals surface area (Å²) in [6, 6.07) is 13.9. The summed E-state index contributed by atoms with van der Waals surface area (Å²) >= 11 is 0. The quantitative estimate of drug-likeness (QED) is 0.701. The lowest BCUT2D eigenvalue weighted by Crippen LogP contribution is -2.44. The zero-order chi connectivity index (χ0) is 21.2. The second kappa shape index (κ2) is 8.46. The van der Waals surface area contributed by atoms with Crippen molar-refractivity contribution >= 4 is 22.7 Å². The molecule has 31 heavy (non-hydrogen) atoms. The van der Waals surface area contributed by atoms with Crippen molar-refractivity contribution in [2.75, 3.05) is 6.54 Å². The smallest absolute Gasteiger partial charge is 0.252 e. The Hall–Kier alpha value is -3.28. The average molecular weight is 415 g/mol. The molecule has 1 aromatic carbocycles. The van der Waals surface area contributed by atoms with Gasteiger partial charge in [-0.05, 0) is 56.4 Å². The molecule has 1 saturated heterocycles. The highest BCUT2D eigenvalue weighted by atomic mass is 16.2. The van der Waals surface area contributed by atoms with E-state index in [9.17, 15) is 9.59 Å². The van der Waals surface area contributed by atoms with Crippen molar-refractivity contribution < 1.29 is 9.59 Å². The lowest BCUT2D eigenvalue weighted by Gasteiger charge is -2.34. The third-order valence-electron chi connectivity index (χ3n) is 6.50. The number of nitrogens with one attached hydrogen (secondary N) is 1. The third-order valence-corrected chi connectivity index (χ3v) is 6.50. The van der Waals surface area contributed by atoms with E-state index in [2.05, 4.69) is 15.2 Å². The number of likely N-dealkylation sites (tertiary alicyclic amines) is 1. The normalized spacial score (nSPS) is 21.4. The van der Waals surface area contributed by atoms with Crippen molar-refractivity contribution in [1.29, 1.82) is 0 Å². The first-order valence-corrected chi connectivity index (χ1v) is 11.1. The van der Waals surface area contributed by atoms with Gasteiger partial charge in [-0.1, -0.05) is 18.2 Å². The Morgan fingerprint density at radius 2 is 1.90 bits per heavy atom. The first-order valence-electron chi connectivity index (χ1n) is 11.1. The Morgan fingerprint density at radius 1 is 1.06 bits per heavy atom. The Bertz CT molecular complexity index is 1110. The predicted molar refractivity (Wildman–Crippen MR) is 119 cm³/mol. The van der Waals surface area contributed by atoms with Gasteiger partial charge in [0, 0.05) is 48.4 Å². The molecule has 158 valence electrons. The first-order chi connectivity index (χ1) is 15.2. The van der Waals surface area contributed by atoms with Gasteiger partial charge in [-0.15, -0.1) is 0 Å². The van der Waals surface area contributed by atoms with Gasteiger partial charge < -0.3 is 10.2 Å². The van der Waals surface area contributed by atoms with Crippen molar-refractivity contribution in [1.82, 2.24) is 20.2 Å². The molecule has 1 saturated carbocycles. The summed E-state index contributed by atoms with van der Waals surface area (Å²) in [6.07, 6.45) is 8.86. The van der Waals surface area contributed by atoms with Crippen LogP contribution in [0, 0.1) is 0 Å². The third kappa shape index (κ3) is 4.02. The maximum Gasteiger partial charge on any atom is 0.252 e. The summed E-state index contributed by atoms with van der Waals surface area (Å²) in [4.78, 5) is 36.3. The van der Waals surface area contributed by atoms with Crippen molar-refractivity contribution in [2.24, 2.45) is 0 Å². The second-order valence-electron chi connectivity index (χ2n) is 8.48. The second-order valence-corrected chi connectivity index (χ2v) is 8.48. The number of fused-ring (bicyclic) bond motifs is 1. The molecular weight excluding hydrogens is 388 g/mol. The summed E-state index contributed by atoms with van der Waals surface area (Å²) < 4.78 is 0. The standard InChI is InChI=1S/C25H26N4O2/c30-24-8-4-14-29(24)19-11-9-18(10-12-19)27-25(31)21-15-23(17-5-3-13-26-16-17)28-22-7-2-1-6-20(21)22/h1-3,5-7,13,15-16,18-19H,4,8-12,14H2,(H,27,31). The van der Waals surface area contributed by atoms with Crippen LogP contribution in [-0.2, 0) is 4.79 Å². The van der Waals surface area contributed by atoms with Crippen LogP contribution in [0.15, 0.2) is 54.9 Å². The zero-order valence-electron chi connectivity index (χ0n) is 17.5. The van der Waals surface area contributed by atoms with Gasteiger partial charge in [0.25, 0.3) is 5.91 Å². The van der Waals surface area contributed by atoms with Crippen LogP contribution in [0.4, 0.5) is 0 Å². The molecule has 1 aliphatic heterocycles. The number of nitrogens with zero attached hydrogens (tertiary/aromatic N) is 3. The molecule has 5 rings (SSSR count). The largest absolute Gasteiger partial charge is 0.349 e. The minimum atomic E-state index is -0.0653. The van der Waals surface area contributed by atoms with Gasteiger partial charge in [0.1, 0.15) is 0 Å². The number of benzene rings is 1. The number of hydrogen-bond acceptors (Lipinski definition) is 4. The molecule has 1 aliphatic carbocycles. The highest BCUT2D eigenvalue weighted by Gasteiger charge is 2.32. The van der Waals surface area contributed by atoms with Gasteiger partial charge in [-0.3, -0.25) is 14.6 Å². The van der Waals surface area contributed by atoms with E-state index in [1.807, 2.05) is 42.5 Å². The van der Waals surface area contributed by atoms with Gasteiger partial charge in [0.05, 0.1) is 16.8 Å². The highest BCUT2D eigenvalue weighted by Crippen LogP contribution is 2.28. The van der Waals surface area contributed by atoms with Crippen LogP contribution >= 0.6 is 0 Å². The highest BCUT2D eigenvalue weighted by molar-refractivity contribution is 6.07. The zero-order valence-corrected chi connectivity index (χ0v) is 17.5. The van der Waals surface area contributed by atoms with E-state index in [-0.39, 0.29) is 11.9 Å². The van der Waals surface area contributed by atoms with Crippen LogP contribution in [-0.4, -0.2) is 45.3 Å². The Labute approximate surface area is 181 Å². The van der Waals surface area contributed by atoms with E-state index in [1.54, 1.807) is 12.4 Å². The molecule has 0 unspecified atom stereocenters. The molecule has 2 amide bonds. The summed E-state index contributed by atoms with van der Waals surface area (Å²) in [7, 11) is 0. The Balaban J connectivity index is 1.34. The van der Waals surface area contributed by atoms with Crippen LogP contribution in [0.3, 0.4) is 0 Å². The van der Waals surface area contributed by atoms with Crippen LogP contribution < -0.4 is 5.32 Å². The number of carbonyl (C=O) groups is 2. The number of amides is 2. The average Bonchev–Trinajstić information content (AvgIpc) is 3.25. The van der Waals surface area contributed by atoms with Crippen molar-refractivity contribution in [3.05, 3.63) is 60.4 Å². The molecule has 0 spiro atoms. The van der Waals surface area contributed by atoms with E-state index in [4.69, 9.17) is 4.98 Å². The number of hydrogen-bond donors (Lipinski definition) is 1. The Morgan fingerprint density at radius 3 is 2.65 bits per heavy atom. The molecule has 6 heteroatoms. The molecule has 0 atom stereocenters. The number of carbonyl (C=O) groups excluding carboxylic acids is 2. The van der Waals surface area contributed by atoms with Crippen LogP contribution in [0.25, 0.3) is 22.2 Å². The maximum atomic E-state index is 13.3. The number of pyridine rings is 2. The van der Waals surface area contributed by atoms with E-state index in [1.165, 1.54) is 0 Å². The summed E-state index contributed by atoms with van der Waals surface area (Å²) in [5.74, 6) is 0.225. The summed E-state index contributed by atoms with van der Waals surface area (Å²) in [5, 5.41) is 4.09. The van der Waals surface area contributed by atoms with Crippen LogP contribution in [0.1, 0.15) is 48.9 Å². The summed E-state index contributed by atoms with van der Waals surface area (Å²) in [5.41, 5.74) is 3.07. The molecule has 2 aliphatic rings. The van der Waals surface area contributed by atoms with Crippen molar-refractivity contribution in [3.63, 3.8) is 0 Å². The Kier molecular flexibility index (Phi) is 5.37. The topological polar surface area (TPSA) is 75.2 Å². The fourth-order valence-electron chi connectivity index (χ4n) is 4.88. The lowest BCUT2D eigenvalue weighted by atomic mass is 9.90. The molecule has 3 aromatic rings. The van der Waals surface area contributed by atoms with E-state index < -0.39 is 0 Å². The van der Waals surface area contributed by atoms with Gasteiger partial charge in [0.2, 0.25) is 5.91 Å². The van der Waals surface area contributed by atoms with Gasteiger partial charge in [-0.25, -0.2) is 4.98 Å². The molecule has 1 N–H and O–H groups in total. The number of rotatable bonds is 4. The minimum absolute atomic E-state index is 0.0653. The lowest BCUT2D eigenvalue weighted by molar-refractivity contribution is -0.130. The molecule has 0 bridgehead atoms. The number of aromatic nitrogens is 2. The van der Waals surface area contributed by atoms with Gasteiger partial charge >= 0.3 is 0 Å². The van der Waals surface area contributed by atoms with Crippen molar-refractivity contribution in [3.8, 4) is 11.3 Å². The van der Waals surface area contributed by atoms with Crippen molar-refractivity contribution in [2.45, 2.75) is 50.6 Å². The van der Waals surface area contributed by atoms with Crippen LogP contribution in [0.5, 0.6) is 0 Å². The molecule has 0 radical (unpaired) electrons. The SMILES string of the molecule is O=C(NC1CCC(N2CCCC2=O)CC1)c1cc(-c2cccnc2)nc2ccccc12. The molecule has 2 aromatic heterocycles. The fraction of sp³-hybridized carbons (Fsp3) is 0.360. The molecule has 2 fully saturated rings. The van der Waals surface area contributed by atoms with E-state index >= 15 is 0 Å². The van der Waals surface area contributed by atoms with Gasteiger partial charge in [0.15, 0.2) is 0 Å². The molecule has 6 nitrogen and oxygen atoms in total. The van der Waals surface area contributed by atoms with E-state index in [0.717, 1.165) is 60.8 Å². The van der Waals surface area contributed by atoms with E-state index in [0.29, 0.717) is 23.9 Å². The molecule has 3 heterocycles. The molecular formula is C25H26N4O2. The fourth-order valence-corrected chi connectivity index (χ4v) is 4.88. The monoisotopic (exact) mass is 414 g/mol. The summed E-state index contributed by atoms with van der Waals surface area (Å²) in [6.45, 7) is 0.890. The van der Waals surface area contributed by atoms with Gasteiger partial charge in [-0.2, -0.15) is 0 Å². The maximum absolute atomic E-state index is 13.3. The van der Waals surface area contributed by atoms with Crippen LogP contribution in [0.2, 0.25) is 0 Å².